The van der Waals surface area contributed by atoms with Crippen molar-refractivity contribution in [1.29, 1.82) is 5.41 Å². The van der Waals surface area contributed by atoms with Crippen molar-refractivity contribution in [3.8, 4) is 0 Å². The van der Waals surface area contributed by atoms with E-state index in [4.69, 9.17) is 25.6 Å². The van der Waals surface area contributed by atoms with Gasteiger partial charge >= 0.3 is 0 Å². The first-order valence-corrected chi connectivity index (χ1v) is 13.9. The molecule has 2 aromatic carbocycles. The van der Waals surface area contributed by atoms with E-state index in [1.165, 1.54) is 6.42 Å². The molecule has 1 amide bonds. The number of hydrogen-bond donors (Lipinski definition) is 3. The number of nitrogens with two attached hydrogens (primary N) is 1. The van der Waals surface area contributed by atoms with Gasteiger partial charge in [-0.05, 0) is 18.9 Å². The Bertz CT molecular complexity index is 1440. The highest BCUT2D eigenvalue weighted by Crippen LogP contribution is 2.42. The second kappa shape index (κ2) is 11.0. The number of para-hydroxylation sites is 1. The van der Waals surface area contributed by atoms with Gasteiger partial charge in [-0.1, -0.05) is 55.0 Å². The van der Waals surface area contributed by atoms with Crippen molar-refractivity contribution in [2.24, 2.45) is 15.7 Å². The van der Waals surface area contributed by atoms with Crippen molar-refractivity contribution >= 4 is 45.6 Å². The topological polar surface area (TPSA) is 138 Å². The van der Waals surface area contributed by atoms with E-state index in [9.17, 15) is 4.79 Å². The van der Waals surface area contributed by atoms with Crippen LogP contribution in [0.25, 0.3) is 0 Å². The molecule has 39 heavy (non-hydrogen) atoms. The number of hydrogen-bond acceptors (Lipinski definition) is 9. The Labute approximate surface area is 230 Å². The normalized spacial score (nSPS) is 19.8. The summed E-state index contributed by atoms with van der Waals surface area (Å²) in [4.78, 5) is 29.0. The van der Waals surface area contributed by atoms with Gasteiger partial charge in [0.2, 0.25) is 12.1 Å². The largest absolute Gasteiger partial charge is 0.405 e. The summed E-state index contributed by atoms with van der Waals surface area (Å²) in [5, 5.41) is 13.5. The van der Waals surface area contributed by atoms with Crippen LogP contribution in [-0.2, 0) is 14.3 Å². The van der Waals surface area contributed by atoms with Crippen LogP contribution in [0, 0.1) is 5.41 Å². The van der Waals surface area contributed by atoms with E-state index < -0.39 is 12.1 Å². The van der Waals surface area contributed by atoms with Crippen LogP contribution < -0.4 is 16.0 Å². The van der Waals surface area contributed by atoms with E-state index >= 15 is 0 Å². The van der Waals surface area contributed by atoms with Gasteiger partial charge in [0.25, 0.3) is 11.9 Å². The third-order valence-electron chi connectivity index (χ3n) is 7.02. The summed E-state index contributed by atoms with van der Waals surface area (Å²) < 4.78 is 11.2. The summed E-state index contributed by atoms with van der Waals surface area (Å²) in [5.41, 5.74) is 9.47. The van der Waals surface area contributed by atoms with Crippen molar-refractivity contribution in [2.75, 3.05) is 36.5 Å². The average molecular weight is 544 g/mol. The lowest BCUT2D eigenvalue weighted by Gasteiger charge is -2.28. The number of amides is 1. The number of morpholine rings is 1. The smallest absolute Gasteiger partial charge is 0.291 e. The van der Waals surface area contributed by atoms with E-state index in [0.29, 0.717) is 36.2 Å². The van der Waals surface area contributed by atoms with Crippen molar-refractivity contribution in [3.63, 3.8) is 0 Å². The maximum atomic E-state index is 13.1. The first-order valence-electron chi connectivity index (χ1n) is 13.0. The van der Waals surface area contributed by atoms with Gasteiger partial charge in [-0.15, -0.1) is 11.3 Å². The van der Waals surface area contributed by atoms with E-state index in [-0.39, 0.29) is 11.9 Å². The molecule has 0 spiro atoms. The number of benzene rings is 2. The van der Waals surface area contributed by atoms with Crippen molar-refractivity contribution < 1.29 is 14.3 Å². The minimum atomic E-state index is -1.19. The fourth-order valence-corrected chi connectivity index (χ4v) is 6.03. The number of amidine groups is 1. The minimum absolute atomic E-state index is 0.204. The molecule has 3 aromatic rings. The Kier molecular flexibility index (Phi) is 7.08. The van der Waals surface area contributed by atoms with Gasteiger partial charge in [-0.2, -0.15) is 4.99 Å². The standard InChI is InChI=1S/C28H29N7O3S/c29-23(22-27(35-13-15-37-16-14-35)39-26(33-22)18-9-6-10-18)38-28(30)34-24-25(36)31-20-12-5-4-11-19(20)21(32-24)17-7-2-1-3-8-17/h1-5,7-8,11-12,18,24,29H,6,9-10,13-16H2,(H2,30,34)(H,31,36)/t24-/m1/s1. The second-order valence-electron chi connectivity index (χ2n) is 9.58. The molecule has 1 aromatic heterocycles. The number of nitrogens with one attached hydrogen (secondary N) is 2. The molecular formula is C28H29N7O3S. The Morgan fingerprint density at radius 3 is 2.62 bits per heavy atom. The number of aromatic nitrogens is 1. The number of ether oxygens (including phenoxy) is 2. The number of aliphatic imine (C=N–C) groups is 2. The van der Waals surface area contributed by atoms with Crippen molar-refractivity contribution in [2.45, 2.75) is 31.3 Å². The Morgan fingerprint density at radius 2 is 1.87 bits per heavy atom. The predicted molar refractivity (Wildman–Crippen MR) is 152 cm³/mol. The number of fused-ring (bicyclic) bond motifs is 1. The molecular weight excluding hydrogens is 514 g/mol. The lowest BCUT2D eigenvalue weighted by atomic mass is 9.86. The van der Waals surface area contributed by atoms with Gasteiger partial charge < -0.3 is 25.4 Å². The SMILES string of the molecule is N=C(OC(N)=N[C@H]1N=C(c2ccccc2)c2ccccc2NC1=O)c1nc(C2CCC2)sc1N1CCOCC1. The third kappa shape index (κ3) is 5.27. The van der Waals surface area contributed by atoms with Crippen LogP contribution in [-0.4, -0.2) is 61.0 Å². The third-order valence-corrected chi connectivity index (χ3v) is 8.30. The Balaban J connectivity index is 1.28. The summed E-state index contributed by atoms with van der Waals surface area (Å²) in [6, 6.07) is 16.7. The second-order valence-corrected chi connectivity index (χ2v) is 10.6. The molecule has 1 saturated carbocycles. The highest BCUT2D eigenvalue weighted by atomic mass is 32.1. The van der Waals surface area contributed by atoms with E-state index in [1.54, 1.807) is 11.3 Å². The quantitative estimate of drug-likeness (QED) is 0.331. The first-order chi connectivity index (χ1) is 19.1. The molecule has 10 nitrogen and oxygen atoms in total. The number of rotatable bonds is 5. The highest BCUT2D eigenvalue weighted by Gasteiger charge is 2.30. The zero-order valence-electron chi connectivity index (χ0n) is 21.3. The number of benzodiazepines with no additional fused rings is 1. The molecule has 1 saturated heterocycles. The predicted octanol–water partition coefficient (Wildman–Crippen LogP) is 3.72. The molecule has 0 unspecified atom stereocenters. The van der Waals surface area contributed by atoms with Gasteiger partial charge in [-0.3, -0.25) is 10.2 Å². The number of carbonyl (C=O) groups is 1. The summed E-state index contributed by atoms with van der Waals surface area (Å²) in [6.07, 6.45) is 2.21. The van der Waals surface area contributed by atoms with Crippen molar-refractivity contribution in [1.82, 2.24) is 4.98 Å². The summed E-state index contributed by atoms with van der Waals surface area (Å²) in [5.74, 6) is -0.227. The molecule has 11 heteroatoms. The van der Waals surface area contributed by atoms with Crippen LogP contribution in [0.1, 0.15) is 47.0 Å². The fraction of sp³-hybridized carbons (Fsp3) is 0.321. The molecule has 6 rings (SSSR count). The zero-order valence-corrected chi connectivity index (χ0v) is 22.1. The lowest BCUT2D eigenvalue weighted by molar-refractivity contribution is -0.117. The number of anilines is 2. The van der Waals surface area contributed by atoms with Crippen LogP contribution in [0.2, 0.25) is 0 Å². The van der Waals surface area contributed by atoms with Crippen LogP contribution >= 0.6 is 11.3 Å². The van der Waals surface area contributed by atoms with Gasteiger partial charge in [0, 0.05) is 30.1 Å². The van der Waals surface area contributed by atoms with Gasteiger partial charge in [-0.25, -0.2) is 9.98 Å². The number of thiazole rings is 1. The maximum absolute atomic E-state index is 13.1. The Morgan fingerprint density at radius 1 is 1.13 bits per heavy atom. The van der Waals surface area contributed by atoms with E-state index in [0.717, 1.165) is 47.1 Å². The maximum Gasteiger partial charge on any atom is 0.291 e. The zero-order chi connectivity index (χ0) is 26.8. The lowest BCUT2D eigenvalue weighted by Crippen LogP contribution is -2.37. The van der Waals surface area contributed by atoms with Gasteiger partial charge in [0.15, 0.2) is 5.69 Å². The molecule has 0 bridgehead atoms. The minimum Gasteiger partial charge on any atom is -0.405 e. The summed E-state index contributed by atoms with van der Waals surface area (Å²) in [6.45, 7) is 2.68. The van der Waals surface area contributed by atoms with Gasteiger partial charge in [0.05, 0.1) is 29.6 Å². The molecule has 0 radical (unpaired) electrons. The molecule has 1 aliphatic carbocycles. The highest BCUT2D eigenvalue weighted by molar-refractivity contribution is 7.16. The monoisotopic (exact) mass is 543 g/mol. The van der Waals surface area contributed by atoms with Gasteiger partial charge in [0.1, 0.15) is 5.00 Å². The molecule has 2 aliphatic heterocycles. The van der Waals surface area contributed by atoms with E-state index in [1.807, 2.05) is 54.6 Å². The summed E-state index contributed by atoms with van der Waals surface area (Å²) >= 11 is 1.61. The fourth-order valence-electron chi connectivity index (χ4n) is 4.75. The number of carbonyl (C=O) groups excluding carboxylic acids is 1. The van der Waals surface area contributed by atoms with Crippen LogP contribution in [0.15, 0.2) is 64.6 Å². The van der Waals surface area contributed by atoms with Crippen molar-refractivity contribution in [3.05, 3.63) is 76.4 Å². The Hall–Kier alpha value is -4.09. The van der Waals surface area contributed by atoms with Crippen LogP contribution in [0.3, 0.4) is 0 Å². The molecule has 1 atom stereocenters. The first kappa shape index (κ1) is 25.2. The molecule has 3 aliphatic rings. The summed E-state index contributed by atoms with van der Waals surface area (Å²) in [7, 11) is 0. The molecule has 3 heterocycles. The molecule has 2 fully saturated rings. The molecule has 4 N–H and O–H groups in total. The average Bonchev–Trinajstić information content (AvgIpc) is 3.30. The van der Waals surface area contributed by atoms with E-state index in [2.05, 4.69) is 20.2 Å². The molecule has 200 valence electrons. The van der Waals surface area contributed by atoms with Crippen LogP contribution in [0.5, 0.6) is 0 Å². The number of nitrogens with zero attached hydrogens (tertiary/aromatic N) is 4. The van der Waals surface area contributed by atoms with Crippen LogP contribution in [0.4, 0.5) is 10.7 Å².